The molecule has 4 nitrogen and oxygen atoms in total. The summed E-state index contributed by atoms with van der Waals surface area (Å²) in [5.74, 6) is 3.49. The number of rotatable bonds is 3. The molecule has 13 aromatic rings. The Hall–Kier alpha value is -9.25. The van der Waals surface area contributed by atoms with Crippen molar-refractivity contribution >= 4 is 65.6 Å². The molecule has 4 aromatic heterocycles. The van der Waals surface area contributed by atoms with Gasteiger partial charge in [0.25, 0.3) is 0 Å². The molecule has 0 saturated heterocycles. The predicted octanol–water partition coefficient (Wildman–Crippen LogP) is 23.6. The minimum absolute atomic E-state index is 0.0854. The highest BCUT2D eigenvalue weighted by molar-refractivity contribution is 6.37. The van der Waals surface area contributed by atoms with Crippen LogP contribution in [0.5, 0.6) is 0 Å². The maximum atomic E-state index is 4.42. The first-order valence-electron chi connectivity index (χ1n) is 34.3. The molecule has 0 fully saturated rings. The van der Waals surface area contributed by atoms with Gasteiger partial charge in [0.2, 0.25) is 0 Å². The maximum absolute atomic E-state index is 4.42. The lowest BCUT2D eigenvalue weighted by Gasteiger charge is -2.32. The normalized spacial score (nSPS) is 15.4. The summed E-state index contributed by atoms with van der Waals surface area (Å²) in [6.07, 6.45) is 2.62. The number of fused-ring (bicyclic) bond motifs is 16. The van der Waals surface area contributed by atoms with E-state index in [-0.39, 0.29) is 38.4 Å². The Morgan fingerprint density at radius 1 is 0.298 bits per heavy atom. The van der Waals surface area contributed by atoms with Crippen molar-refractivity contribution in [3.8, 4) is 22.4 Å². The molecule has 0 spiro atoms. The Labute approximate surface area is 555 Å². The van der Waals surface area contributed by atoms with E-state index >= 15 is 0 Å². The van der Waals surface area contributed by atoms with Crippen molar-refractivity contribution in [2.24, 2.45) is 0 Å². The third-order valence-corrected chi connectivity index (χ3v) is 21.8. The Bertz CT molecular complexity index is 5360. The van der Waals surface area contributed by atoms with Crippen LogP contribution in [0.15, 0.2) is 164 Å². The first kappa shape index (κ1) is 58.6. The van der Waals surface area contributed by atoms with E-state index in [2.05, 4.69) is 314 Å². The van der Waals surface area contributed by atoms with Gasteiger partial charge in [-0.2, -0.15) is 0 Å². The topological polar surface area (TPSA) is 63.2 Å². The van der Waals surface area contributed by atoms with Gasteiger partial charge >= 0.3 is 0 Å². The molecule has 0 amide bonds. The smallest absolute Gasteiger partial charge is 0.126 e. The molecule has 4 heteroatoms. The van der Waals surface area contributed by atoms with E-state index in [4.69, 9.17) is 0 Å². The summed E-state index contributed by atoms with van der Waals surface area (Å²) in [4.78, 5) is 17.3. The third-order valence-electron chi connectivity index (χ3n) is 21.8. The molecule has 17 rings (SSSR count). The molecule has 1 unspecified atom stereocenters. The van der Waals surface area contributed by atoms with Crippen LogP contribution in [0, 0.1) is 17.8 Å². The van der Waals surface area contributed by atoms with Gasteiger partial charge in [0.15, 0.2) is 0 Å². The highest BCUT2D eigenvalue weighted by Crippen LogP contribution is 2.64. The van der Waals surface area contributed by atoms with Crippen LogP contribution in [0.4, 0.5) is 0 Å². The molecule has 4 aliphatic rings. The maximum Gasteiger partial charge on any atom is 0.126 e. The molecule has 4 N–H and O–H groups in total. The predicted molar refractivity (Wildman–Crippen MR) is 398 cm³/mol. The minimum Gasteiger partial charge on any atom is -0.341 e. The van der Waals surface area contributed by atoms with Crippen LogP contribution >= 0.6 is 0 Å². The second kappa shape index (κ2) is 19.2. The molecule has 8 bridgehead atoms. The zero-order chi connectivity index (χ0) is 65.6. The van der Waals surface area contributed by atoms with E-state index in [1.54, 1.807) is 0 Å². The SMILES string of the molecule is CC(C)(C)c1cc([C+]2c3ccc([nH]3)-c3c4cc5c6ccccc6c6ccc7c8c6c5c5c4c(c4cc([nH]c34)[C+](c3cc(C(C)(C)C)cc(C(C)(C)C)c3)c3ccc([nH]3)[C+](c3cc(C(C)(C)C)cc(C(C)(C)C)c3)c3ccc2[nH]3)C=C(c2ccccc2-7)C85)cc(C(C)(C)C)c1. The highest BCUT2D eigenvalue weighted by Gasteiger charge is 2.45. The van der Waals surface area contributed by atoms with Crippen molar-refractivity contribution in [2.45, 2.75) is 163 Å². The number of aromatic nitrogens is 4. The van der Waals surface area contributed by atoms with Gasteiger partial charge in [-0.25, -0.2) is 0 Å². The number of H-pyrrole nitrogens is 4. The van der Waals surface area contributed by atoms with Crippen molar-refractivity contribution in [3.63, 3.8) is 0 Å². The Morgan fingerprint density at radius 2 is 0.713 bits per heavy atom. The number of hydrogen-bond acceptors (Lipinski definition) is 0. The lowest BCUT2D eigenvalue weighted by Crippen LogP contribution is -2.19. The Morgan fingerprint density at radius 3 is 1.19 bits per heavy atom. The first-order valence-corrected chi connectivity index (χ1v) is 34.3. The van der Waals surface area contributed by atoms with E-state index < -0.39 is 0 Å². The number of hydrogen-bond donors (Lipinski definition) is 4. The third kappa shape index (κ3) is 8.66. The van der Waals surface area contributed by atoms with Crippen molar-refractivity contribution in [2.75, 3.05) is 0 Å². The summed E-state index contributed by atoms with van der Waals surface area (Å²) >= 11 is 0. The summed E-state index contributed by atoms with van der Waals surface area (Å²) in [5, 5.41) is 11.9. The van der Waals surface area contributed by atoms with Gasteiger partial charge in [0, 0.05) is 71.0 Å². The van der Waals surface area contributed by atoms with Crippen molar-refractivity contribution in [1.82, 2.24) is 19.9 Å². The van der Waals surface area contributed by atoms with Crippen LogP contribution < -0.4 is 0 Å². The van der Waals surface area contributed by atoms with E-state index in [0.29, 0.717) is 0 Å². The molecule has 0 radical (unpaired) electrons. The zero-order valence-electron chi connectivity index (χ0n) is 58.2. The van der Waals surface area contributed by atoms with E-state index in [9.17, 15) is 0 Å². The van der Waals surface area contributed by atoms with Crippen LogP contribution in [0.25, 0.3) is 88.0 Å². The highest BCUT2D eigenvalue weighted by atomic mass is 14.8. The lowest BCUT2D eigenvalue weighted by molar-refractivity contribution is 0.567. The zero-order valence-corrected chi connectivity index (χ0v) is 58.2. The minimum atomic E-state index is -0.124. The fourth-order valence-electron chi connectivity index (χ4n) is 16.5. The van der Waals surface area contributed by atoms with Crippen LogP contribution in [-0.2, 0) is 32.5 Å². The van der Waals surface area contributed by atoms with Gasteiger partial charge in [0.05, 0.1) is 52.2 Å². The summed E-state index contributed by atoms with van der Waals surface area (Å²) in [6, 6.07) is 64.8. The van der Waals surface area contributed by atoms with Crippen molar-refractivity contribution in [1.29, 1.82) is 0 Å². The number of allylic oxidation sites excluding steroid dienone is 1. The van der Waals surface area contributed by atoms with Gasteiger partial charge in [-0.1, -0.05) is 185 Å². The molecule has 94 heavy (non-hydrogen) atoms. The van der Waals surface area contributed by atoms with Crippen LogP contribution in [0.2, 0.25) is 0 Å². The largest absolute Gasteiger partial charge is 0.341 e. The second-order valence-electron chi connectivity index (χ2n) is 34.3. The summed E-state index contributed by atoms with van der Waals surface area (Å²) in [6.45, 7) is 42.4. The summed E-state index contributed by atoms with van der Waals surface area (Å²) in [7, 11) is 0. The Balaban J connectivity index is 1.04. The average Bonchev–Trinajstić information content (AvgIpc) is 1.48. The van der Waals surface area contributed by atoms with Gasteiger partial charge in [-0.05, 0) is 179 Å². The van der Waals surface area contributed by atoms with E-state index in [0.717, 1.165) is 63.1 Å². The van der Waals surface area contributed by atoms with Crippen molar-refractivity contribution in [3.05, 3.63) is 288 Å². The quantitative estimate of drug-likeness (QED) is 0.0774. The second-order valence-corrected chi connectivity index (χ2v) is 34.3. The van der Waals surface area contributed by atoms with Crippen LogP contribution in [0.3, 0.4) is 0 Å². The number of benzene rings is 9. The monoisotopic (exact) mass is 1220 g/mol. The van der Waals surface area contributed by atoms with E-state index in [1.807, 2.05) is 0 Å². The van der Waals surface area contributed by atoms with E-state index in [1.165, 1.54) is 143 Å². The van der Waals surface area contributed by atoms with Gasteiger partial charge in [-0.3, -0.25) is 0 Å². The molecule has 1 aliphatic heterocycles. The standard InChI is InChI=1S/C90H87N4/c1-85(2,3)50-35-47(36-51(41-50)86(4,5)6)74-67-29-30-68(91-67)75(48-37-52(87(7,8)9)42-53(38-48)88(10,11)12)70-33-34-72(93-70)78-66-45-63-59-26-22-20-24-57(59)61-28-27-60-56-23-19-21-25-58(56)62-44-64(77(66)83-81(62)79(60)80(61)82(63)83)65-46-73(94-84(65)78)76(71-32-31-69(74)92-71)49-39-54(89(13,14)15)43-55(40-49)90(16,17)18/h19-46,81,91-94H,1-18H3/q+3. The number of nitrogens with one attached hydrogen (secondary N) is 4. The molecule has 464 valence electrons. The molecule has 9 aromatic carbocycles. The molecular formula is C90H87N4+3. The molecule has 1 atom stereocenters. The fraction of sp³-hybridized carbons (Fsp3) is 0.278. The molecule has 0 saturated carbocycles. The molecule has 3 aliphatic carbocycles. The number of aromatic amines is 4. The van der Waals surface area contributed by atoms with Crippen LogP contribution in [0.1, 0.15) is 237 Å². The van der Waals surface area contributed by atoms with Gasteiger partial charge in [0.1, 0.15) is 51.9 Å². The van der Waals surface area contributed by atoms with Gasteiger partial charge < -0.3 is 19.9 Å². The average molecular weight is 1220 g/mol. The summed E-state index contributed by atoms with van der Waals surface area (Å²) < 4.78 is 0. The molecule has 5 heterocycles. The Kier molecular flexibility index (Phi) is 12.0. The van der Waals surface area contributed by atoms with Crippen molar-refractivity contribution < 1.29 is 0 Å². The first-order chi connectivity index (χ1) is 44.4. The molecular weight excluding hydrogens is 1140 g/mol. The van der Waals surface area contributed by atoms with Gasteiger partial charge in [-0.15, -0.1) is 0 Å². The fourth-order valence-corrected chi connectivity index (χ4v) is 16.5. The van der Waals surface area contributed by atoms with Crippen LogP contribution in [-0.4, -0.2) is 19.9 Å². The summed E-state index contributed by atoms with van der Waals surface area (Å²) in [5.41, 5.74) is 30.0. The lowest BCUT2D eigenvalue weighted by atomic mass is 9.70.